The van der Waals surface area contributed by atoms with Gasteiger partial charge in [-0.3, -0.25) is 4.79 Å². The minimum Gasteiger partial charge on any atom is -0.323 e. The van der Waals surface area contributed by atoms with Crippen LogP contribution in [0.1, 0.15) is 28.9 Å². The van der Waals surface area contributed by atoms with Crippen molar-refractivity contribution < 1.29 is 4.79 Å². The Morgan fingerprint density at radius 2 is 1.81 bits per heavy atom. The van der Waals surface area contributed by atoms with Crippen molar-refractivity contribution in [1.82, 2.24) is 9.78 Å². The highest BCUT2D eigenvalue weighted by Crippen LogP contribution is 2.25. The lowest BCUT2D eigenvalue weighted by Gasteiger charge is -2.08. The van der Waals surface area contributed by atoms with E-state index in [1.54, 1.807) is 11.8 Å². The van der Waals surface area contributed by atoms with E-state index in [0.717, 1.165) is 28.5 Å². The van der Waals surface area contributed by atoms with Gasteiger partial charge < -0.3 is 5.32 Å². The molecule has 140 valence electrons. The third-order valence-electron chi connectivity index (χ3n) is 4.49. The maximum absolute atomic E-state index is 12.4. The molecule has 2 aromatic carbocycles. The van der Waals surface area contributed by atoms with E-state index in [1.165, 1.54) is 16.0 Å². The first kappa shape index (κ1) is 19.2. The maximum atomic E-state index is 12.4. The normalized spacial score (nSPS) is 10.8. The van der Waals surface area contributed by atoms with E-state index in [9.17, 15) is 4.79 Å². The summed E-state index contributed by atoms with van der Waals surface area (Å²) in [6.07, 6.45) is 0.466. The predicted octanol–water partition coefficient (Wildman–Crippen LogP) is 5.23. The molecular weight excluding hydrogens is 354 g/mol. The fraction of sp³-hybridized carbons (Fsp3) is 0.273. The first-order valence-corrected chi connectivity index (χ1v) is 10.1. The minimum atomic E-state index is 0.0200. The fourth-order valence-electron chi connectivity index (χ4n) is 2.96. The molecule has 0 spiro atoms. The second kappa shape index (κ2) is 8.44. The van der Waals surface area contributed by atoms with Gasteiger partial charge in [0.25, 0.3) is 0 Å². The van der Waals surface area contributed by atoms with Crippen LogP contribution in [-0.4, -0.2) is 21.4 Å². The van der Waals surface area contributed by atoms with Gasteiger partial charge in [-0.15, -0.1) is 11.8 Å². The van der Waals surface area contributed by atoms with E-state index in [2.05, 4.69) is 42.5 Å². The molecule has 5 heteroatoms. The molecule has 1 amide bonds. The van der Waals surface area contributed by atoms with Gasteiger partial charge in [0.1, 0.15) is 0 Å². The Morgan fingerprint density at radius 3 is 2.56 bits per heavy atom. The van der Waals surface area contributed by atoms with E-state index in [0.29, 0.717) is 6.42 Å². The van der Waals surface area contributed by atoms with Crippen LogP contribution in [0.5, 0.6) is 0 Å². The third-order valence-corrected chi connectivity index (χ3v) is 5.65. The second-order valence-electron chi connectivity index (χ2n) is 6.71. The first-order valence-electron chi connectivity index (χ1n) is 9.07. The molecule has 0 bridgehead atoms. The number of aromatic nitrogens is 2. The molecule has 1 heterocycles. The molecule has 0 saturated heterocycles. The zero-order chi connectivity index (χ0) is 19.4. The Bertz CT molecular complexity index is 948. The van der Waals surface area contributed by atoms with Gasteiger partial charge in [0.05, 0.1) is 22.8 Å². The molecule has 0 radical (unpaired) electrons. The van der Waals surface area contributed by atoms with Crippen molar-refractivity contribution in [3.63, 3.8) is 0 Å². The average Bonchev–Trinajstić information content (AvgIpc) is 2.93. The molecule has 1 N–H and O–H groups in total. The van der Waals surface area contributed by atoms with Crippen molar-refractivity contribution in [1.29, 1.82) is 0 Å². The lowest BCUT2D eigenvalue weighted by Crippen LogP contribution is -2.13. The molecule has 1 aromatic heterocycles. The van der Waals surface area contributed by atoms with Crippen molar-refractivity contribution in [2.45, 2.75) is 39.0 Å². The molecular formula is C22H25N3OS. The quantitative estimate of drug-likeness (QED) is 0.597. The van der Waals surface area contributed by atoms with Crippen molar-refractivity contribution in [2.24, 2.45) is 0 Å². The van der Waals surface area contributed by atoms with Crippen LogP contribution in [0, 0.1) is 27.7 Å². The molecule has 0 aliphatic rings. The van der Waals surface area contributed by atoms with Crippen molar-refractivity contribution >= 4 is 23.4 Å². The lowest BCUT2D eigenvalue weighted by molar-refractivity contribution is -0.115. The number of thioether (sulfide) groups is 1. The number of rotatable bonds is 6. The molecule has 3 rings (SSSR count). The number of benzene rings is 2. The summed E-state index contributed by atoms with van der Waals surface area (Å²) in [5.41, 5.74) is 6.06. The molecule has 0 saturated carbocycles. The topological polar surface area (TPSA) is 46.9 Å². The van der Waals surface area contributed by atoms with Gasteiger partial charge in [-0.2, -0.15) is 5.10 Å². The molecule has 4 nitrogen and oxygen atoms in total. The van der Waals surface area contributed by atoms with Gasteiger partial charge in [-0.25, -0.2) is 4.68 Å². The average molecular weight is 380 g/mol. The minimum absolute atomic E-state index is 0.0200. The van der Waals surface area contributed by atoms with Crippen molar-refractivity contribution in [2.75, 3.05) is 11.1 Å². The fourth-order valence-corrected chi connectivity index (χ4v) is 4.03. The highest BCUT2D eigenvalue weighted by molar-refractivity contribution is 7.99. The van der Waals surface area contributed by atoms with Crippen LogP contribution in [0.3, 0.4) is 0 Å². The van der Waals surface area contributed by atoms with Gasteiger partial charge in [0.2, 0.25) is 5.91 Å². The standard InChI is InChI=1S/C22H25N3OS/c1-15-10-11-16(2)20(14-15)27-13-12-21(26)23-22-17(3)24-25(18(22)4)19-8-6-5-7-9-19/h5-11,14H,12-13H2,1-4H3,(H,23,26). The summed E-state index contributed by atoms with van der Waals surface area (Å²) in [6, 6.07) is 16.4. The summed E-state index contributed by atoms with van der Waals surface area (Å²) in [6.45, 7) is 8.10. The van der Waals surface area contributed by atoms with Gasteiger partial charge in [-0.05, 0) is 51.5 Å². The number of amides is 1. The van der Waals surface area contributed by atoms with Crippen LogP contribution in [0.4, 0.5) is 5.69 Å². The zero-order valence-corrected chi connectivity index (χ0v) is 17.1. The first-order chi connectivity index (χ1) is 13.0. The molecule has 0 atom stereocenters. The SMILES string of the molecule is Cc1ccc(C)c(SCCC(=O)Nc2c(C)nn(-c3ccccc3)c2C)c1. The van der Waals surface area contributed by atoms with Gasteiger partial charge >= 0.3 is 0 Å². The number of carbonyl (C=O) groups is 1. The van der Waals surface area contributed by atoms with Gasteiger partial charge in [0, 0.05) is 17.1 Å². The number of aryl methyl sites for hydroxylation is 3. The van der Waals surface area contributed by atoms with E-state index < -0.39 is 0 Å². The van der Waals surface area contributed by atoms with Crippen LogP contribution in [0.2, 0.25) is 0 Å². The summed E-state index contributed by atoms with van der Waals surface area (Å²) >= 11 is 1.73. The van der Waals surface area contributed by atoms with E-state index in [-0.39, 0.29) is 5.91 Å². The third kappa shape index (κ3) is 4.61. The van der Waals surface area contributed by atoms with Crippen LogP contribution < -0.4 is 5.32 Å². The maximum Gasteiger partial charge on any atom is 0.225 e. The number of nitrogens with one attached hydrogen (secondary N) is 1. The Morgan fingerprint density at radius 1 is 1.07 bits per heavy atom. The largest absolute Gasteiger partial charge is 0.323 e. The molecule has 0 fully saturated rings. The van der Waals surface area contributed by atoms with Crippen LogP contribution >= 0.6 is 11.8 Å². The highest BCUT2D eigenvalue weighted by Gasteiger charge is 2.15. The van der Waals surface area contributed by atoms with Crippen LogP contribution in [0.15, 0.2) is 53.4 Å². The number of hydrogen-bond acceptors (Lipinski definition) is 3. The molecule has 0 unspecified atom stereocenters. The zero-order valence-electron chi connectivity index (χ0n) is 16.2. The molecule has 0 aliphatic heterocycles. The number of anilines is 1. The summed E-state index contributed by atoms with van der Waals surface area (Å²) in [5.74, 6) is 0.771. The van der Waals surface area contributed by atoms with Crippen LogP contribution in [0.25, 0.3) is 5.69 Å². The summed E-state index contributed by atoms with van der Waals surface area (Å²) in [4.78, 5) is 13.7. The lowest BCUT2D eigenvalue weighted by atomic mass is 10.2. The van der Waals surface area contributed by atoms with Crippen molar-refractivity contribution in [3.05, 3.63) is 71.0 Å². The summed E-state index contributed by atoms with van der Waals surface area (Å²) in [7, 11) is 0. The Kier molecular flexibility index (Phi) is 6.01. The highest BCUT2D eigenvalue weighted by atomic mass is 32.2. The second-order valence-corrected chi connectivity index (χ2v) is 7.85. The number of hydrogen-bond donors (Lipinski definition) is 1. The smallest absolute Gasteiger partial charge is 0.225 e. The number of para-hydroxylation sites is 1. The molecule has 27 heavy (non-hydrogen) atoms. The van der Waals surface area contributed by atoms with E-state index >= 15 is 0 Å². The number of carbonyl (C=O) groups excluding carboxylic acids is 1. The molecule has 3 aromatic rings. The van der Waals surface area contributed by atoms with Crippen molar-refractivity contribution in [3.8, 4) is 5.69 Å². The van der Waals surface area contributed by atoms with E-state index in [4.69, 9.17) is 0 Å². The van der Waals surface area contributed by atoms with Gasteiger partial charge in [0.15, 0.2) is 0 Å². The summed E-state index contributed by atoms with van der Waals surface area (Å²) in [5, 5.41) is 7.62. The van der Waals surface area contributed by atoms with Gasteiger partial charge in [-0.1, -0.05) is 35.9 Å². The number of nitrogens with zero attached hydrogens (tertiary/aromatic N) is 2. The Hall–Kier alpha value is -2.53. The van der Waals surface area contributed by atoms with E-state index in [1.807, 2.05) is 48.9 Å². The Balaban J connectivity index is 1.63. The Labute approximate surface area is 165 Å². The predicted molar refractivity (Wildman–Crippen MR) is 113 cm³/mol. The monoisotopic (exact) mass is 379 g/mol. The summed E-state index contributed by atoms with van der Waals surface area (Å²) < 4.78 is 1.87. The van der Waals surface area contributed by atoms with Crippen LogP contribution in [-0.2, 0) is 4.79 Å². The molecule has 0 aliphatic carbocycles.